The number of nitrogens with zero attached hydrogens (tertiary/aromatic N) is 1. The monoisotopic (exact) mass is 306 g/mol. The van der Waals surface area contributed by atoms with Crippen LogP contribution in [0.25, 0.3) is 0 Å². The van der Waals surface area contributed by atoms with Crippen molar-refractivity contribution in [3.05, 3.63) is 46.7 Å². The highest BCUT2D eigenvalue weighted by atomic mass is 35.5. The lowest BCUT2D eigenvalue weighted by Gasteiger charge is -2.11. The Morgan fingerprint density at radius 1 is 1.29 bits per heavy atom. The standard InChI is InChI=1S/C16H19ClN2O2/c1-3-8-21-16-7-5-12(9-13(16)17)18-10-14-15(20)6-4-11(2)19-14/h4-7,9,18,20H,3,8,10H2,1-2H3. The van der Waals surface area contributed by atoms with Crippen molar-refractivity contribution in [1.29, 1.82) is 0 Å². The van der Waals surface area contributed by atoms with E-state index < -0.39 is 0 Å². The van der Waals surface area contributed by atoms with Gasteiger partial charge in [-0.2, -0.15) is 0 Å². The summed E-state index contributed by atoms with van der Waals surface area (Å²) in [5, 5.41) is 13.5. The van der Waals surface area contributed by atoms with Gasteiger partial charge in [-0.15, -0.1) is 0 Å². The predicted molar refractivity (Wildman–Crippen MR) is 85.2 cm³/mol. The second-order valence-electron chi connectivity index (χ2n) is 4.77. The van der Waals surface area contributed by atoms with Gasteiger partial charge >= 0.3 is 0 Å². The zero-order valence-electron chi connectivity index (χ0n) is 12.2. The van der Waals surface area contributed by atoms with E-state index in [0.29, 0.717) is 29.6 Å². The minimum Gasteiger partial charge on any atom is -0.506 e. The number of rotatable bonds is 6. The maximum absolute atomic E-state index is 9.76. The lowest BCUT2D eigenvalue weighted by atomic mass is 10.2. The second kappa shape index (κ2) is 7.18. The fourth-order valence-corrected chi connectivity index (χ4v) is 2.09. The fourth-order valence-electron chi connectivity index (χ4n) is 1.86. The summed E-state index contributed by atoms with van der Waals surface area (Å²) in [5.74, 6) is 0.864. The highest BCUT2D eigenvalue weighted by Crippen LogP contribution is 2.28. The molecule has 4 nitrogen and oxygen atoms in total. The largest absolute Gasteiger partial charge is 0.506 e. The van der Waals surface area contributed by atoms with Crippen LogP contribution in [0.4, 0.5) is 5.69 Å². The molecule has 2 rings (SSSR count). The Morgan fingerprint density at radius 2 is 2.10 bits per heavy atom. The first kappa shape index (κ1) is 15.4. The van der Waals surface area contributed by atoms with Gasteiger partial charge in [-0.05, 0) is 43.7 Å². The van der Waals surface area contributed by atoms with Crippen LogP contribution < -0.4 is 10.1 Å². The van der Waals surface area contributed by atoms with Crippen LogP contribution in [0.15, 0.2) is 30.3 Å². The molecule has 0 fully saturated rings. The van der Waals surface area contributed by atoms with Crippen LogP contribution >= 0.6 is 11.6 Å². The average molecular weight is 307 g/mol. The number of nitrogens with one attached hydrogen (secondary N) is 1. The van der Waals surface area contributed by atoms with Crippen molar-refractivity contribution in [2.75, 3.05) is 11.9 Å². The van der Waals surface area contributed by atoms with E-state index >= 15 is 0 Å². The Morgan fingerprint density at radius 3 is 2.81 bits per heavy atom. The van der Waals surface area contributed by atoms with Gasteiger partial charge in [0.05, 0.1) is 18.2 Å². The van der Waals surface area contributed by atoms with Crippen LogP contribution in [0, 0.1) is 6.92 Å². The van der Waals surface area contributed by atoms with Gasteiger partial charge < -0.3 is 15.2 Å². The molecule has 0 spiro atoms. The molecule has 0 unspecified atom stereocenters. The molecule has 0 aliphatic carbocycles. The highest BCUT2D eigenvalue weighted by molar-refractivity contribution is 6.32. The van der Waals surface area contributed by atoms with Crippen molar-refractivity contribution in [3.63, 3.8) is 0 Å². The fraction of sp³-hybridized carbons (Fsp3) is 0.312. The van der Waals surface area contributed by atoms with Crippen molar-refractivity contribution in [3.8, 4) is 11.5 Å². The molecule has 1 aromatic carbocycles. The maximum atomic E-state index is 9.76. The number of halogens is 1. The summed E-state index contributed by atoms with van der Waals surface area (Å²) in [6.45, 7) is 5.01. The summed E-state index contributed by atoms with van der Waals surface area (Å²) in [5.41, 5.74) is 2.33. The van der Waals surface area contributed by atoms with E-state index in [1.807, 2.05) is 26.0 Å². The lowest BCUT2D eigenvalue weighted by Crippen LogP contribution is -2.03. The lowest BCUT2D eigenvalue weighted by molar-refractivity contribution is 0.317. The van der Waals surface area contributed by atoms with Crippen LogP contribution in [0.1, 0.15) is 24.7 Å². The molecule has 0 aliphatic heterocycles. The second-order valence-corrected chi connectivity index (χ2v) is 5.17. The Labute approximate surface area is 129 Å². The molecule has 2 N–H and O–H groups in total. The van der Waals surface area contributed by atoms with Gasteiger partial charge in [0.1, 0.15) is 17.2 Å². The van der Waals surface area contributed by atoms with E-state index in [2.05, 4.69) is 10.3 Å². The third-order valence-corrected chi connectivity index (χ3v) is 3.24. The Hall–Kier alpha value is -1.94. The highest BCUT2D eigenvalue weighted by Gasteiger charge is 2.06. The molecule has 5 heteroatoms. The van der Waals surface area contributed by atoms with E-state index in [1.165, 1.54) is 0 Å². The van der Waals surface area contributed by atoms with E-state index in [1.54, 1.807) is 18.2 Å². The first-order chi connectivity index (χ1) is 10.1. The number of hydrogen-bond acceptors (Lipinski definition) is 4. The molecule has 112 valence electrons. The summed E-state index contributed by atoms with van der Waals surface area (Å²) in [7, 11) is 0. The average Bonchev–Trinajstić information content (AvgIpc) is 2.47. The van der Waals surface area contributed by atoms with Gasteiger partial charge in [0.15, 0.2) is 0 Å². The van der Waals surface area contributed by atoms with E-state index in [4.69, 9.17) is 16.3 Å². The molecule has 0 saturated carbocycles. The number of aromatic nitrogens is 1. The zero-order valence-corrected chi connectivity index (χ0v) is 12.9. The molecule has 0 radical (unpaired) electrons. The van der Waals surface area contributed by atoms with Gasteiger partial charge in [-0.3, -0.25) is 4.98 Å². The summed E-state index contributed by atoms with van der Waals surface area (Å²) >= 11 is 6.17. The smallest absolute Gasteiger partial charge is 0.138 e. The van der Waals surface area contributed by atoms with Crippen molar-refractivity contribution in [1.82, 2.24) is 4.98 Å². The molecule has 0 bridgehead atoms. The van der Waals surface area contributed by atoms with Gasteiger partial charge in [-0.1, -0.05) is 18.5 Å². The zero-order chi connectivity index (χ0) is 15.2. The van der Waals surface area contributed by atoms with E-state index in [0.717, 1.165) is 17.8 Å². The molecule has 0 saturated heterocycles. The minimum absolute atomic E-state index is 0.182. The Balaban J connectivity index is 2.03. The number of aromatic hydroxyl groups is 1. The molecule has 1 aromatic heterocycles. The van der Waals surface area contributed by atoms with E-state index in [-0.39, 0.29) is 5.75 Å². The summed E-state index contributed by atoms with van der Waals surface area (Å²) < 4.78 is 5.53. The van der Waals surface area contributed by atoms with Crippen molar-refractivity contribution in [2.45, 2.75) is 26.8 Å². The predicted octanol–water partition coefficient (Wildman–Crippen LogP) is 4.15. The van der Waals surface area contributed by atoms with Crippen molar-refractivity contribution < 1.29 is 9.84 Å². The van der Waals surface area contributed by atoms with Crippen molar-refractivity contribution in [2.24, 2.45) is 0 Å². The molecular formula is C16H19ClN2O2. The minimum atomic E-state index is 0.182. The van der Waals surface area contributed by atoms with Gasteiger partial charge in [0.25, 0.3) is 0 Å². The number of pyridine rings is 1. The summed E-state index contributed by atoms with van der Waals surface area (Å²) in [6, 6.07) is 8.95. The molecule has 0 amide bonds. The summed E-state index contributed by atoms with van der Waals surface area (Å²) in [4.78, 5) is 4.30. The number of hydrogen-bond donors (Lipinski definition) is 2. The first-order valence-electron chi connectivity index (χ1n) is 6.92. The van der Waals surface area contributed by atoms with Crippen LogP contribution in [-0.4, -0.2) is 16.7 Å². The Bertz CT molecular complexity index is 617. The van der Waals surface area contributed by atoms with Crippen LogP contribution in [0.2, 0.25) is 5.02 Å². The molecule has 1 heterocycles. The SMILES string of the molecule is CCCOc1ccc(NCc2nc(C)ccc2O)cc1Cl. The topological polar surface area (TPSA) is 54.4 Å². The van der Waals surface area contributed by atoms with E-state index in [9.17, 15) is 5.11 Å². The van der Waals surface area contributed by atoms with Crippen LogP contribution in [-0.2, 0) is 6.54 Å². The normalized spacial score (nSPS) is 10.4. The molecule has 0 atom stereocenters. The number of ether oxygens (including phenoxy) is 1. The third-order valence-electron chi connectivity index (χ3n) is 2.94. The van der Waals surface area contributed by atoms with Crippen LogP contribution in [0.3, 0.4) is 0 Å². The van der Waals surface area contributed by atoms with Gasteiger partial charge in [-0.25, -0.2) is 0 Å². The first-order valence-corrected chi connectivity index (χ1v) is 7.29. The third kappa shape index (κ3) is 4.26. The summed E-state index contributed by atoms with van der Waals surface area (Å²) in [6.07, 6.45) is 0.939. The molecular weight excluding hydrogens is 288 g/mol. The van der Waals surface area contributed by atoms with Crippen molar-refractivity contribution >= 4 is 17.3 Å². The van der Waals surface area contributed by atoms with Gasteiger partial charge in [0, 0.05) is 11.4 Å². The van der Waals surface area contributed by atoms with Gasteiger partial charge in [0.2, 0.25) is 0 Å². The molecule has 0 aliphatic rings. The number of anilines is 1. The number of benzene rings is 1. The Kier molecular flexibility index (Phi) is 5.28. The maximum Gasteiger partial charge on any atom is 0.138 e. The molecule has 2 aromatic rings. The molecule has 21 heavy (non-hydrogen) atoms. The van der Waals surface area contributed by atoms with Crippen LogP contribution in [0.5, 0.6) is 11.5 Å². The quantitative estimate of drug-likeness (QED) is 0.842. The number of aryl methyl sites for hydroxylation is 1.